The molecule has 0 radical (unpaired) electrons. The van der Waals surface area contributed by atoms with Gasteiger partial charge in [-0.15, -0.1) is 0 Å². The van der Waals surface area contributed by atoms with Crippen LogP contribution in [0.25, 0.3) is 11.1 Å². The summed E-state index contributed by atoms with van der Waals surface area (Å²) in [6, 6.07) is 3.92. The molecule has 104 valence electrons. The van der Waals surface area contributed by atoms with Crippen LogP contribution in [0.5, 0.6) is 0 Å². The second-order valence-corrected chi connectivity index (χ2v) is 5.11. The molecule has 1 unspecified atom stereocenters. The van der Waals surface area contributed by atoms with Crippen LogP contribution < -0.4 is 10.6 Å². The highest BCUT2D eigenvalue weighted by Gasteiger charge is 2.13. The molecule has 3 rings (SSSR count). The van der Waals surface area contributed by atoms with Crippen molar-refractivity contribution in [1.82, 2.24) is 20.3 Å². The third-order valence-corrected chi connectivity index (χ3v) is 3.64. The van der Waals surface area contributed by atoms with Crippen molar-refractivity contribution < 1.29 is 0 Å². The minimum Gasteiger partial charge on any atom is -0.354 e. The first-order valence-corrected chi connectivity index (χ1v) is 7.09. The van der Waals surface area contributed by atoms with E-state index in [-0.39, 0.29) is 0 Å². The van der Waals surface area contributed by atoms with Gasteiger partial charge in [0.15, 0.2) is 0 Å². The molecule has 1 aliphatic rings. The molecule has 20 heavy (non-hydrogen) atoms. The van der Waals surface area contributed by atoms with E-state index < -0.39 is 0 Å². The Balaban J connectivity index is 1.53. The van der Waals surface area contributed by atoms with E-state index >= 15 is 0 Å². The number of rotatable bonds is 5. The van der Waals surface area contributed by atoms with E-state index in [0.29, 0.717) is 5.95 Å². The van der Waals surface area contributed by atoms with Crippen molar-refractivity contribution in [3.8, 4) is 11.1 Å². The van der Waals surface area contributed by atoms with Gasteiger partial charge in [-0.2, -0.15) is 0 Å². The van der Waals surface area contributed by atoms with Crippen molar-refractivity contribution in [2.75, 3.05) is 25.0 Å². The second-order valence-electron chi connectivity index (χ2n) is 5.11. The lowest BCUT2D eigenvalue weighted by atomic mass is 10.1. The van der Waals surface area contributed by atoms with E-state index in [1.807, 2.05) is 30.7 Å². The molecule has 2 aromatic rings. The molecule has 1 saturated heterocycles. The molecule has 5 nitrogen and oxygen atoms in total. The summed E-state index contributed by atoms with van der Waals surface area (Å²) in [6.45, 7) is 3.22. The molecule has 1 aliphatic heterocycles. The molecule has 3 heterocycles. The highest BCUT2D eigenvalue weighted by atomic mass is 15.1. The van der Waals surface area contributed by atoms with Gasteiger partial charge in [-0.25, -0.2) is 9.97 Å². The van der Waals surface area contributed by atoms with Crippen LogP contribution in [0.4, 0.5) is 5.95 Å². The van der Waals surface area contributed by atoms with Gasteiger partial charge in [0.05, 0.1) is 0 Å². The Morgan fingerprint density at radius 2 is 2.10 bits per heavy atom. The highest BCUT2D eigenvalue weighted by molar-refractivity contribution is 5.60. The summed E-state index contributed by atoms with van der Waals surface area (Å²) in [7, 11) is 0. The third kappa shape index (κ3) is 3.30. The van der Waals surface area contributed by atoms with Gasteiger partial charge >= 0.3 is 0 Å². The molecule has 2 N–H and O–H groups in total. The van der Waals surface area contributed by atoms with E-state index in [1.165, 1.54) is 12.8 Å². The van der Waals surface area contributed by atoms with Gasteiger partial charge in [0.1, 0.15) is 0 Å². The van der Waals surface area contributed by atoms with Crippen LogP contribution in [0, 0.1) is 5.92 Å². The molecule has 0 amide bonds. The van der Waals surface area contributed by atoms with Crippen LogP contribution in [0.15, 0.2) is 36.9 Å². The summed E-state index contributed by atoms with van der Waals surface area (Å²) < 4.78 is 0. The number of nitrogens with one attached hydrogen (secondary N) is 2. The first-order valence-electron chi connectivity index (χ1n) is 7.09. The van der Waals surface area contributed by atoms with Crippen molar-refractivity contribution in [2.24, 2.45) is 5.92 Å². The first-order chi connectivity index (χ1) is 9.92. The lowest BCUT2D eigenvalue weighted by molar-refractivity contribution is 0.548. The van der Waals surface area contributed by atoms with Crippen LogP contribution in [0.3, 0.4) is 0 Å². The number of hydrogen-bond donors (Lipinski definition) is 2. The van der Waals surface area contributed by atoms with Gasteiger partial charge in [0.25, 0.3) is 0 Å². The second kappa shape index (κ2) is 6.43. The maximum absolute atomic E-state index is 4.35. The average molecular weight is 269 g/mol. The predicted molar refractivity (Wildman–Crippen MR) is 79.3 cm³/mol. The molecule has 0 saturated carbocycles. The molecular formula is C15H19N5. The molecule has 1 atom stereocenters. The molecule has 2 aromatic heterocycles. The predicted octanol–water partition coefficient (Wildman–Crippen LogP) is 1.95. The minimum atomic E-state index is 0.698. The van der Waals surface area contributed by atoms with Crippen LogP contribution >= 0.6 is 0 Å². The molecule has 0 spiro atoms. The zero-order valence-corrected chi connectivity index (χ0v) is 11.4. The Morgan fingerprint density at radius 3 is 2.80 bits per heavy atom. The summed E-state index contributed by atoms with van der Waals surface area (Å²) >= 11 is 0. The van der Waals surface area contributed by atoms with Crippen LogP contribution in [-0.4, -0.2) is 34.6 Å². The zero-order chi connectivity index (χ0) is 13.6. The fourth-order valence-electron chi connectivity index (χ4n) is 2.45. The average Bonchev–Trinajstić information content (AvgIpc) is 3.02. The highest BCUT2D eigenvalue weighted by Crippen LogP contribution is 2.16. The van der Waals surface area contributed by atoms with Crippen LogP contribution in [0.1, 0.15) is 12.8 Å². The Morgan fingerprint density at radius 1 is 1.20 bits per heavy atom. The van der Waals surface area contributed by atoms with Crippen molar-refractivity contribution in [2.45, 2.75) is 12.8 Å². The van der Waals surface area contributed by atoms with E-state index in [0.717, 1.165) is 36.7 Å². The van der Waals surface area contributed by atoms with E-state index in [2.05, 4.69) is 25.6 Å². The van der Waals surface area contributed by atoms with E-state index in [1.54, 1.807) is 6.20 Å². The molecular weight excluding hydrogens is 250 g/mol. The monoisotopic (exact) mass is 269 g/mol. The summed E-state index contributed by atoms with van der Waals surface area (Å²) in [5.41, 5.74) is 2.03. The van der Waals surface area contributed by atoms with E-state index in [9.17, 15) is 0 Å². The summed E-state index contributed by atoms with van der Waals surface area (Å²) in [6.07, 6.45) is 9.70. The maximum Gasteiger partial charge on any atom is 0.222 e. The van der Waals surface area contributed by atoms with Gasteiger partial charge in [-0.3, -0.25) is 4.98 Å². The van der Waals surface area contributed by atoms with Crippen molar-refractivity contribution in [3.63, 3.8) is 0 Å². The number of nitrogens with zero attached hydrogens (tertiary/aromatic N) is 3. The standard InChI is InChI=1S/C15H19N5/c1-2-13(9-16-5-1)14-10-19-15(20-11-14)18-7-4-12-3-6-17-8-12/h1-2,5,9-12,17H,3-4,6-8H2,(H,18,19,20). The SMILES string of the molecule is c1cncc(-c2cnc(NCCC3CCNC3)nc2)c1. The number of aromatic nitrogens is 3. The quantitative estimate of drug-likeness (QED) is 0.868. The topological polar surface area (TPSA) is 62.7 Å². The third-order valence-electron chi connectivity index (χ3n) is 3.64. The van der Waals surface area contributed by atoms with Crippen LogP contribution in [-0.2, 0) is 0 Å². The van der Waals surface area contributed by atoms with Crippen molar-refractivity contribution in [1.29, 1.82) is 0 Å². The largest absolute Gasteiger partial charge is 0.354 e. The molecule has 0 aliphatic carbocycles. The molecule has 1 fully saturated rings. The lowest BCUT2D eigenvalue weighted by Crippen LogP contribution is -2.13. The molecule has 0 aromatic carbocycles. The van der Waals surface area contributed by atoms with Gasteiger partial charge in [-0.1, -0.05) is 6.07 Å². The molecule has 5 heteroatoms. The van der Waals surface area contributed by atoms with Gasteiger partial charge in [-0.05, 0) is 37.9 Å². The van der Waals surface area contributed by atoms with Gasteiger partial charge in [0.2, 0.25) is 5.95 Å². The Hall–Kier alpha value is -2.01. The Bertz CT molecular complexity index is 520. The lowest BCUT2D eigenvalue weighted by Gasteiger charge is -2.09. The fourth-order valence-corrected chi connectivity index (χ4v) is 2.45. The van der Waals surface area contributed by atoms with Crippen LogP contribution in [0.2, 0.25) is 0 Å². The van der Waals surface area contributed by atoms with Crippen molar-refractivity contribution >= 4 is 5.95 Å². The molecule has 0 bridgehead atoms. The van der Waals surface area contributed by atoms with Gasteiger partial charge in [0, 0.05) is 42.5 Å². The minimum absolute atomic E-state index is 0.698. The Labute approximate surface area is 118 Å². The Kier molecular flexibility index (Phi) is 4.18. The zero-order valence-electron chi connectivity index (χ0n) is 11.4. The number of pyridine rings is 1. The summed E-state index contributed by atoms with van der Waals surface area (Å²) in [5.74, 6) is 1.49. The fraction of sp³-hybridized carbons (Fsp3) is 0.400. The first kappa shape index (κ1) is 13.0. The normalized spacial score (nSPS) is 18.1. The smallest absolute Gasteiger partial charge is 0.222 e. The number of hydrogen-bond acceptors (Lipinski definition) is 5. The summed E-state index contributed by atoms with van der Waals surface area (Å²) in [4.78, 5) is 12.8. The van der Waals surface area contributed by atoms with E-state index in [4.69, 9.17) is 0 Å². The maximum atomic E-state index is 4.35. The van der Waals surface area contributed by atoms with Crippen molar-refractivity contribution in [3.05, 3.63) is 36.9 Å². The van der Waals surface area contributed by atoms with Gasteiger partial charge < -0.3 is 10.6 Å². The number of anilines is 1. The summed E-state index contributed by atoms with van der Waals surface area (Å²) in [5, 5.41) is 6.67.